The van der Waals surface area contributed by atoms with E-state index in [4.69, 9.17) is 0 Å². The first-order chi connectivity index (χ1) is 13.2. The third-order valence-corrected chi connectivity index (χ3v) is 6.03. The molecule has 0 aliphatic rings. The van der Waals surface area contributed by atoms with Gasteiger partial charge in [0, 0.05) is 31.4 Å². The van der Waals surface area contributed by atoms with Crippen molar-refractivity contribution < 1.29 is 22.4 Å². The monoisotopic (exact) mass is 407 g/mol. The molecule has 2 aromatic rings. The van der Waals surface area contributed by atoms with Gasteiger partial charge in [-0.2, -0.15) is 4.31 Å². The van der Waals surface area contributed by atoms with Gasteiger partial charge in [0.2, 0.25) is 15.9 Å². The van der Waals surface area contributed by atoms with Crippen molar-refractivity contribution in [3.63, 3.8) is 0 Å². The molecule has 2 rings (SSSR count). The number of hydrogen-bond donors (Lipinski definition) is 2. The zero-order valence-electron chi connectivity index (χ0n) is 15.8. The molecule has 0 aromatic heterocycles. The average molecular weight is 407 g/mol. The van der Waals surface area contributed by atoms with Gasteiger partial charge in [-0.1, -0.05) is 13.8 Å². The van der Waals surface area contributed by atoms with Gasteiger partial charge in [0.05, 0.1) is 10.5 Å². The minimum Gasteiger partial charge on any atom is -0.326 e. The maximum absolute atomic E-state index is 14.2. The number of benzene rings is 2. The number of hydrogen-bond acceptors (Lipinski definition) is 4. The van der Waals surface area contributed by atoms with Crippen LogP contribution in [0.2, 0.25) is 0 Å². The Morgan fingerprint density at radius 1 is 0.964 bits per heavy atom. The van der Waals surface area contributed by atoms with E-state index in [1.165, 1.54) is 23.4 Å². The summed E-state index contributed by atoms with van der Waals surface area (Å²) in [7, 11) is -3.82. The summed E-state index contributed by atoms with van der Waals surface area (Å²) < 4.78 is 40.6. The van der Waals surface area contributed by atoms with E-state index >= 15 is 0 Å². The summed E-state index contributed by atoms with van der Waals surface area (Å²) >= 11 is 0. The van der Waals surface area contributed by atoms with Gasteiger partial charge < -0.3 is 10.6 Å². The third-order valence-electron chi connectivity index (χ3n) is 3.99. The molecule has 0 heterocycles. The molecular formula is C19H22FN3O4S. The molecule has 150 valence electrons. The lowest BCUT2D eigenvalue weighted by Gasteiger charge is -2.19. The normalized spacial score (nSPS) is 11.3. The Hall–Kier alpha value is -2.78. The molecule has 7 nitrogen and oxygen atoms in total. The van der Waals surface area contributed by atoms with E-state index in [9.17, 15) is 22.4 Å². The smallest absolute Gasteiger partial charge is 0.258 e. The Bertz CT molecular complexity index is 971. The standard InChI is InChI=1S/C19H22FN3O4S/c1-4-23(5-2)28(26,27)16-10-11-18(20)17(12-16)19(25)22-15-8-6-14(7-9-15)21-13(3)24/h6-12H,4-5H2,1-3H3,(H,21,24)(H,22,25). The van der Waals surface area contributed by atoms with Crippen LogP contribution in [0, 0.1) is 5.82 Å². The maximum Gasteiger partial charge on any atom is 0.258 e. The van der Waals surface area contributed by atoms with Crippen molar-refractivity contribution in [3.8, 4) is 0 Å². The summed E-state index contributed by atoms with van der Waals surface area (Å²) in [6.45, 7) is 5.29. The van der Waals surface area contributed by atoms with Gasteiger partial charge in [-0.15, -0.1) is 0 Å². The largest absolute Gasteiger partial charge is 0.326 e. The molecular weight excluding hydrogens is 385 g/mol. The maximum atomic E-state index is 14.2. The Morgan fingerprint density at radius 2 is 1.50 bits per heavy atom. The van der Waals surface area contributed by atoms with Crippen LogP contribution >= 0.6 is 0 Å². The van der Waals surface area contributed by atoms with E-state index in [0.717, 1.165) is 18.2 Å². The first-order valence-electron chi connectivity index (χ1n) is 8.67. The Kier molecular flexibility index (Phi) is 6.87. The van der Waals surface area contributed by atoms with Gasteiger partial charge in [0.25, 0.3) is 5.91 Å². The van der Waals surface area contributed by atoms with E-state index < -0.39 is 21.7 Å². The highest BCUT2D eigenvalue weighted by atomic mass is 32.2. The van der Waals surface area contributed by atoms with Crippen molar-refractivity contribution in [2.45, 2.75) is 25.7 Å². The summed E-state index contributed by atoms with van der Waals surface area (Å²) in [5.41, 5.74) is 0.540. The summed E-state index contributed by atoms with van der Waals surface area (Å²) in [4.78, 5) is 23.3. The van der Waals surface area contributed by atoms with Crippen LogP contribution in [-0.2, 0) is 14.8 Å². The first-order valence-corrected chi connectivity index (χ1v) is 10.1. The number of nitrogens with one attached hydrogen (secondary N) is 2. The second kappa shape index (κ2) is 8.94. The van der Waals surface area contributed by atoms with Crippen molar-refractivity contribution >= 4 is 33.2 Å². The molecule has 0 saturated heterocycles. The van der Waals surface area contributed by atoms with Crippen LogP contribution in [0.15, 0.2) is 47.4 Å². The second-order valence-corrected chi connectivity index (χ2v) is 7.88. The highest BCUT2D eigenvalue weighted by Crippen LogP contribution is 2.21. The van der Waals surface area contributed by atoms with Crippen LogP contribution in [0.3, 0.4) is 0 Å². The summed E-state index contributed by atoms with van der Waals surface area (Å²) in [5.74, 6) is -1.84. The molecule has 0 fully saturated rings. The van der Waals surface area contributed by atoms with Crippen LogP contribution in [0.1, 0.15) is 31.1 Å². The Balaban J connectivity index is 2.27. The van der Waals surface area contributed by atoms with Crippen LogP contribution in [-0.4, -0.2) is 37.6 Å². The predicted molar refractivity (Wildman–Crippen MR) is 105 cm³/mol. The fourth-order valence-electron chi connectivity index (χ4n) is 2.59. The molecule has 2 N–H and O–H groups in total. The third kappa shape index (κ3) is 4.93. The number of sulfonamides is 1. The van der Waals surface area contributed by atoms with Gasteiger partial charge in [-0.05, 0) is 42.5 Å². The first kappa shape index (κ1) is 21.5. The highest BCUT2D eigenvalue weighted by Gasteiger charge is 2.24. The lowest BCUT2D eigenvalue weighted by molar-refractivity contribution is -0.114. The van der Waals surface area contributed by atoms with Crippen molar-refractivity contribution in [3.05, 3.63) is 53.8 Å². The molecule has 0 saturated carbocycles. The zero-order chi connectivity index (χ0) is 20.9. The van der Waals surface area contributed by atoms with Crippen molar-refractivity contribution in [1.29, 1.82) is 0 Å². The SMILES string of the molecule is CCN(CC)S(=O)(=O)c1ccc(F)c(C(=O)Nc2ccc(NC(C)=O)cc2)c1. The van der Waals surface area contributed by atoms with Gasteiger partial charge in [-0.25, -0.2) is 12.8 Å². The number of anilines is 2. The Labute approximate surface area is 163 Å². The average Bonchev–Trinajstić information content (AvgIpc) is 2.63. The number of rotatable bonds is 7. The number of halogens is 1. The van der Waals surface area contributed by atoms with E-state index in [2.05, 4.69) is 10.6 Å². The lowest BCUT2D eigenvalue weighted by atomic mass is 10.2. The lowest BCUT2D eigenvalue weighted by Crippen LogP contribution is -2.31. The predicted octanol–water partition coefficient (Wildman–Crippen LogP) is 3.07. The molecule has 2 amide bonds. The second-order valence-electron chi connectivity index (χ2n) is 5.94. The van der Waals surface area contributed by atoms with E-state index in [1.807, 2.05) is 0 Å². The summed E-state index contributed by atoms with van der Waals surface area (Å²) in [6, 6.07) is 9.37. The van der Waals surface area contributed by atoms with Gasteiger partial charge >= 0.3 is 0 Å². The fraction of sp³-hybridized carbons (Fsp3) is 0.263. The molecule has 0 atom stereocenters. The minimum absolute atomic E-state index is 0.149. The number of carbonyl (C=O) groups is 2. The summed E-state index contributed by atoms with van der Waals surface area (Å²) in [6.07, 6.45) is 0. The quantitative estimate of drug-likeness (QED) is 0.737. The Morgan fingerprint density at radius 3 is 2.00 bits per heavy atom. The van der Waals surface area contributed by atoms with E-state index in [-0.39, 0.29) is 29.5 Å². The van der Waals surface area contributed by atoms with Crippen LogP contribution < -0.4 is 10.6 Å². The van der Waals surface area contributed by atoms with Gasteiger partial charge in [0.15, 0.2) is 0 Å². The highest BCUT2D eigenvalue weighted by molar-refractivity contribution is 7.89. The summed E-state index contributed by atoms with van der Waals surface area (Å²) in [5, 5.41) is 5.10. The molecule has 2 aromatic carbocycles. The van der Waals surface area contributed by atoms with Crippen molar-refractivity contribution in [1.82, 2.24) is 4.31 Å². The molecule has 0 aliphatic carbocycles. The fourth-order valence-corrected chi connectivity index (χ4v) is 4.07. The van der Waals surface area contributed by atoms with Gasteiger partial charge in [0.1, 0.15) is 5.82 Å². The van der Waals surface area contributed by atoms with Crippen LogP contribution in [0.4, 0.5) is 15.8 Å². The zero-order valence-corrected chi connectivity index (χ0v) is 16.6. The van der Waals surface area contributed by atoms with E-state index in [1.54, 1.807) is 26.0 Å². The molecule has 0 spiro atoms. The molecule has 9 heteroatoms. The number of carbonyl (C=O) groups excluding carboxylic acids is 2. The van der Waals surface area contributed by atoms with Crippen LogP contribution in [0.5, 0.6) is 0 Å². The molecule has 0 bridgehead atoms. The van der Waals surface area contributed by atoms with Crippen LogP contribution in [0.25, 0.3) is 0 Å². The number of nitrogens with zero attached hydrogens (tertiary/aromatic N) is 1. The molecule has 28 heavy (non-hydrogen) atoms. The topological polar surface area (TPSA) is 95.6 Å². The van der Waals surface area contributed by atoms with E-state index in [0.29, 0.717) is 11.4 Å². The van der Waals surface area contributed by atoms with Crippen molar-refractivity contribution in [2.24, 2.45) is 0 Å². The van der Waals surface area contributed by atoms with Gasteiger partial charge in [-0.3, -0.25) is 9.59 Å². The van der Waals surface area contributed by atoms with Crippen molar-refractivity contribution in [2.75, 3.05) is 23.7 Å². The molecule has 0 radical (unpaired) electrons. The molecule has 0 unspecified atom stereocenters. The molecule has 0 aliphatic heterocycles. The minimum atomic E-state index is -3.82. The number of amides is 2.